The normalized spacial score (nSPS) is 12.7. The number of aliphatic carboxylic acids is 1. The Kier molecular flexibility index (Phi) is 25.0. The van der Waals surface area contributed by atoms with Crippen molar-refractivity contribution in [3.8, 4) is 0 Å². The highest BCUT2D eigenvalue weighted by Crippen LogP contribution is 2.34. The summed E-state index contributed by atoms with van der Waals surface area (Å²) in [6.07, 6.45) is 20.9. The first-order valence-electron chi connectivity index (χ1n) is 16.4. The van der Waals surface area contributed by atoms with Gasteiger partial charge in [-0.3, -0.25) is 19.2 Å². The van der Waals surface area contributed by atoms with Crippen molar-refractivity contribution in [3.63, 3.8) is 0 Å². The number of carboxylic acids is 1. The second-order valence-corrected chi connectivity index (χ2v) is 11.4. The van der Waals surface area contributed by atoms with Gasteiger partial charge in [0.05, 0.1) is 13.2 Å². The minimum Gasteiger partial charge on any atom is -0.481 e. The molecule has 40 heavy (non-hydrogen) atoms. The third-order valence-corrected chi connectivity index (χ3v) is 8.01. The van der Waals surface area contributed by atoms with Gasteiger partial charge in [-0.05, 0) is 26.2 Å². The van der Waals surface area contributed by atoms with E-state index in [1.165, 1.54) is 38.5 Å². The van der Waals surface area contributed by atoms with Crippen molar-refractivity contribution in [2.75, 3.05) is 19.8 Å². The second kappa shape index (κ2) is 26.2. The van der Waals surface area contributed by atoms with E-state index < -0.39 is 11.4 Å². The van der Waals surface area contributed by atoms with E-state index in [9.17, 15) is 19.2 Å². The minimum absolute atomic E-state index is 0.0440. The first-order chi connectivity index (χ1) is 19.3. The standard InChI is InChI=1S/C33H61NO6/c1-4-6-7-8-9-11-14-17-20-24-33(29(3)35,32(39)34-26-28-40-27-23-30(36)5-2)25-21-18-15-12-10-13-16-19-22-31(37)38/h4-28H2,1-3H3,(H,34,39)(H,37,38). The van der Waals surface area contributed by atoms with Crippen molar-refractivity contribution < 1.29 is 29.0 Å². The van der Waals surface area contributed by atoms with Crippen molar-refractivity contribution in [3.05, 3.63) is 0 Å². The smallest absolute Gasteiger partial charge is 0.303 e. The van der Waals surface area contributed by atoms with E-state index >= 15 is 0 Å². The fourth-order valence-corrected chi connectivity index (χ4v) is 5.24. The van der Waals surface area contributed by atoms with Gasteiger partial charge in [-0.1, -0.05) is 117 Å². The molecule has 0 spiro atoms. The molecule has 0 radical (unpaired) electrons. The number of hydrogen-bond acceptors (Lipinski definition) is 5. The summed E-state index contributed by atoms with van der Waals surface area (Å²) < 4.78 is 5.51. The van der Waals surface area contributed by atoms with Crippen LogP contribution in [-0.2, 0) is 23.9 Å². The molecule has 1 unspecified atom stereocenters. The first-order valence-corrected chi connectivity index (χ1v) is 16.4. The Morgan fingerprint density at radius 2 is 1.12 bits per heavy atom. The molecule has 0 rings (SSSR count). The molecule has 1 amide bonds. The zero-order valence-corrected chi connectivity index (χ0v) is 26.2. The summed E-state index contributed by atoms with van der Waals surface area (Å²) >= 11 is 0. The maximum absolute atomic E-state index is 13.4. The van der Waals surface area contributed by atoms with Crippen molar-refractivity contribution >= 4 is 23.4 Å². The highest BCUT2D eigenvalue weighted by atomic mass is 16.5. The van der Waals surface area contributed by atoms with Crippen LogP contribution in [0.1, 0.15) is 162 Å². The number of unbranched alkanes of at least 4 members (excludes halogenated alkanes) is 15. The van der Waals surface area contributed by atoms with E-state index in [0.717, 1.165) is 70.6 Å². The van der Waals surface area contributed by atoms with E-state index in [1.807, 2.05) is 6.92 Å². The maximum atomic E-state index is 13.4. The molecule has 0 aromatic rings. The maximum Gasteiger partial charge on any atom is 0.303 e. The van der Waals surface area contributed by atoms with E-state index in [4.69, 9.17) is 9.84 Å². The highest BCUT2D eigenvalue weighted by Gasteiger charge is 2.41. The Bertz CT molecular complexity index is 680. The summed E-state index contributed by atoms with van der Waals surface area (Å²) in [5, 5.41) is 11.7. The topological polar surface area (TPSA) is 110 Å². The van der Waals surface area contributed by atoms with Crippen LogP contribution in [0.4, 0.5) is 0 Å². The molecule has 0 aliphatic carbocycles. The van der Waals surface area contributed by atoms with Crippen LogP contribution >= 0.6 is 0 Å². The summed E-state index contributed by atoms with van der Waals surface area (Å²) in [6, 6.07) is 0. The van der Waals surface area contributed by atoms with Gasteiger partial charge in [-0.2, -0.15) is 0 Å². The lowest BCUT2D eigenvalue weighted by Gasteiger charge is -2.30. The molecule has 0 saturated heterocycles. The zero-order chi connectivity index (χ0) is 29.9. The fourth-order valence-electron chi connectivity index (χ4n) is 5.24. The number of hydrogen-bond donors (Lipinski definition) is 2. The number of rotatable bonds is 30. The molecule has 0 saturated carbocycles. The number of Topliss-reactive ketones (excluding diaryl/α,β-unsaturated/α-hetero) is 2. The van der Waals surface area contributed by atoms with Crippen LogP contribution in [0.5, 0.6) is 0 Å². The largest absolute Gasteiger partial charge is 0.481 e. The Morgan fingerprint density at radius 3 is 1.57 bits per heavy atom. The molecule has 2 N–H and O–H groups in total. The van der Waals surface area contributed by atoms with Gasteiger partial charge in [0, 0.05) is 25.8 Å². The summed E-state index contributed by atoms with van der Waals surface area (Å²) in [5.74, 6) is -0.779. The monoisotopic (exact) mass is 567 g/mol. The summed E-state index contributed by atoms with van der Waals surface area (Å²) in [5.41, 5.74) is -0.976. The van der Waals surface area contributed by atoms with Crippen molar-refractivity contribution in [1.82, 2.24) is 5.32 Å². The lowest BCUT2D eigenvalue weighted by Crippen LogP contribution is -2.46. The molecule has 0 heterocycles. The SMILES string of the molecule is CCCCCCCCCCCC(CCCCCCCCCCC(=O)O)(C(C)=O)C(=O)NCCOCCC(=O)CC. The number of carbonyl (C=O) groups is 4. The van der Waals surface area contributed by atoms with Crippen LogP contribution in [0.2, 0.25) is 0 Å². The third kappa shape index (κ3) is 20.2. The zero-order valence-electron chi connectivity index (χ0n) is 26.2. The molecule has 0 aliphatic heterocycles. The van der Waals surface area contributed by atoms with Gasteiger partial charge >= 0.3 is 5.97 Å². The molecule has 0 aromatic carbocycles. The molecule has 7 heteroatoms. The van der Waals surface area contributed by atoms with Gasteiger partial charge in [-0.25, -0.2) is 0 Å². The van der Waals surface area contributed by atoms with Crippen LogP contribution in [0.25, 0.3) is 0 Å². The lowest BCUT2D eigenvalue weighted by atomic mass is 9.74. The second-order valence-electron chi connectivity index (χ2n) is 11.4. The molecule has 7 nitrogen and oxygen atoms in total. The van der Waals surface area contributed by atoms with Crippen molar-refractivity contribution in [2.24, 2.45) is 5.41 Å². The fraction of sp³-hybridized carbons (Fsp3) is 0.879. The number of carboxylic acid groups (broad SMARTS) is 1. The average molecular weight is 568 g/mol. The van der Waals surface area contributed by atoms with Crippen LogP contribution < -0.4 is 5.32 Å². The summed E-state index contributed by atoms with van der Waals surface area (Å²) in [6.45, 7) is 6.67. The predicted molar refractivity (Wildman–Crippen MR) is 163 cm³/mol. The number of carbonyl (C=O) groups excluding carboxylic acids is 3. The van der Waals surface area contributed by atoms with E-state index in [1.54, 1.807) is 6.92 Å². The molecule has 0 aliphatic rings. The van der Waals surface area contributed by atoms with Crippen LogP contribution in [0, 0.1) is 5.41 Å². The minimum atomic E-state index is -0.976. The van der Waals surface area contributed by atoms with Crippen LogP contribution in [-0.4, -0.2) is 48.3 Å². The van der Waals surface area contributed by atoms with Gasteiger partial charge in [-0.15, -0.1) is 0 Å². The summed E-state index contributed by atoms with van der Waals surface area (Å²) in [4.78, 5) is 48.4. The quantitative estimate of drug-likeness (QED) is 0.0673. The van der Waals surface area contributed by atoms with Gasteiger partial charge in [0.25, 0.3) is 0 Å². The Balaban J connectivity index is 4.67. The molecule has 0 bridgehead atoms. The van der Waals surface area contributed by atoms with E-state index in [0.29, 0.717) is 45.4 Å². The Morgan fingerprint density at radius 1 is 0.650 bits per heavy atom. The molecule has 234 valence electrons. The number of ether oxygens (including phenoxy) is 1. The van der Waals surface area contributed by atoms with Crippen LogP contribution in [0.3, 0.4) is 0 Å². The van der Waals surface area contributed by atoms with E-state index in [-0.39, 0.29) is 23.9 Å². The van der Waals surface area contributed by atoms with Crippen molar-refractivity contribution in [2.45, 2.75) is 162 Å². The summed E-state index contributed by atoms with van der Waals surface area (Å²) in [7, 11) is 0. The highest BCUT2D eigenvalue weighted by molar-refractivity contribution is 6.05. The number of nitrogens with one attached hydrogen (secondary N) is 1. The van der Waals surface area contributed by atoms with Gasteiger partial charge in [0.15, 0.2) is 0 Å². The van der Waals surface area contributed by atoms with Crippen LogP contribution in [0.15, 0.2) is 0 Å². The Labute approximate surface area is 245 Å². The first kappa shape index (κ1) is 38.2. The van der Waals surface area contributed by atoms with Crippen molar-refractivity contribution in [1.29, 1.82) is 0 Å². The lowest BCUT2D eigenvalue weighted by molar-refractivity contribution is -0.143. The Hall–Kier alpha value is -1.76. The van der Waals surface area contributed by atoms with Gasteiger partial charge < -0.3 is 15.2 Å². The molecule has 1 atom stereocenters. The third-order valence-electron chi connectivity index (χ3n) is 8.01. The number of amides is 1. The van der Waals surface area contributed by atoms with Gasteiger partial charge in [0.2, 0.25) is 5.91 Å². The molecule has 0 aromatic heterocycles. The molecule has 0 fully saturated rings. The van der Waals surface area contributed by atoms with E-state index in [2.05, 4.69) is 12.2 Å². The number of ketones is 2. The molecular weight excluding hydrogens is 506 g/mol. The average Bonchev–Trinajstić information content (AvgIpc) is 2.93. The van der Waals surface area contributed by atoms with Gasteiger partial charge in [0.1, 0.15) is 17.0 Å². The predicted octanol–water partition coefficient (Wildman–Crippen LogP) is 7.97. The molecular formula is C33H61NO6.